The van der Waals surface area contributed by atoms with E-state index in [1.165, 1.54) is 5.56 Å². The van der Waals surface area contributed by atoms with Gasteiger partial charge in [0.25, 0.3) is 0 Å². The lowest BCUT2D eigenvalue weighted by Crippen LogP contribution is -2.50. The van der Waals surface area contributed by atoms with Crippen molar-refractivity contribution in [1.29, 1.82) is 0 Å². The van der Waals surface area contributed by atoms with Crippen LogP contribution in [-0.2, 0) is 11.3 Å². The second kappa shape index (κ2) is 10.4. The lowest BCUT2D eigenvalue weighted by Gasteiger charge is -2.41. The number of hydrogen-bond acceptors (Lipinski definition) is 3. The number of rotatable bonds is 4. The van der Waals surface area contributed by atoms with E-state index in [0.717, 1.165) is 45.4 Å². The fraction of sp³-hybridized carbons (Fsp3) is 0.632. The van der Waals surface area contributed by atoms with E-state index in [9.17, 15) is 4.79 Å². The van der Waals surface area contributed by atoms with E-state index < -0.39 is 0 Å². The molecule has 142 valence electrons. The number of hydrogen-bond donors (Lipinski definition) is 1. The highest BCUT2D eigenvalue weighted by molar-refractivity contribution is 5.85. The van der Waals surface area contributed by atoms with E-state index in [-0.39, 0.29) is 30.7 Å². The second-order valence-corrected chi connectivity index (χ2v) is 7.12. The summed E-state index contributed by atoms with van der Waals surface area (Å²) in [6.07, 6.45) is 3.15. The largest absolute Gasteiger partial charge is 0.342 e. The van der Waals surface area contributed by atoms with Gasteiger partial charge in [0.05, 0.1) is 5.92 Å². The van der Waals surface area contributed by atoms with E-state index in [2.05, 4.69) is 47.5 Å². The maximum Gasteiger partial charge on any atom is 0.227 e. The summed E-state index contributed by atoms with van der Waals surface area (Å²) in [5, 5.41) is 3.30. The fourth-order valence-corrected chi connectivity index (χ4v) is 3.93. The van der Waals surface area contributed by atoms with Crippen molar-refractivity contribution in [2.24, 2.45) is 5.92 Å². The number of carbonyl (C=O) groups excluding carboxylic acids is 1. The smallest absolute Gasteiger partial charge is 0.227 e. The zero-order chi connectivity index (χ0) is 16.2. The Hall–Kier alpha value is -0.810. The van der Waals surface area contributed by atoms with Gasteiger partial charge in [-0.3, -0.25) is 9.69 Å². The molecular formula is C19H31Cl2N3O. The average molecular weight is 388 g/mol. The molecule has 4 nitrogen and oxygen atoms in total. The molecule has 0 radical (unpaired) electrons. The molecule has 2 aliphatic heterocycles. The molecule has 3 unspecified atom stereocenters. The molecule has 3 atom stereocenters. The average Bonchev–Trinajstić information content (AvgIpc) is 3.11. The molecule has 1 aromatic carbocycles. The molecule has 2 heterocycles. The SMILES string of the molecule is CC1CC(N(C)C(=O)C2CCNC2)CCN1Cc1ccccc1.Cl.Cl. The first-order valence-corrected chi connectivity index (χ1v) is 8.90. The minimum atomic E-state index is 0. The van der Waals surface area contributed by atoms with Gasteiger partial charge in [0.2, 0.25) is 5.91 Å². The minimum Gasteiger partial charge on any atom is -0.342 e. The lowest BCUT2D eigenvalue weighted by molar-refractivity contribution is -0.137. The van der Waals surface area contributed by atoms with Gasteiger partial charge in [0, 0.05) is 38.8 Å². The Morgan fingerprint density at radius 3 is 2.56 bits per heavy atom. The Bertz CT molecular complexity index is 523. The van der Waals surface area contributed by atoms with Crippen LogP contribution in [0, 0.1) is 5.92 Å². The van der Waals surface area contributed by atoms with Crippen LogP contribution in [0.25, 0.3) is 0 Å². The van der Waals surface area contributed by atoms with Crippen LogP contribution in [0.2, 0.25) is 0 Å². The molecule has 2 fully saturated rings. The standard InChI is InChI=1S/C19H29N3O.2ClH/c1-15-12-18(21(2)19(23)17-8-10-20-13-17)9-11-22(15)14-16-6-4-3-5-7-16;;/h3-7,15,17-18,20H,8-14H2,1-2H3;2*1H. The molecule has 0 aromatic heterocycles. The summed E-state index contributed by atoms with van der Waals surface area (Å²) in [6, 6.07) is 11.6. The van der Waals surface area contributed by atoms with Crippen LogP contribution in [0.4, 0.5) is 0 Å². The lowest BCUT2D eigenvalue weighted by atomic mass is 9.95. The number of likely N-dealkylation sites (tertiary alicyclic amines) is 1. The number of benzene rings is 1. The van der Waals surface area contributed by atoms with E-state index in [1.54, 1.807) is 0 Å². The quantitative estimate of drug-likeness (QED) is 0.862. The van der Waals surface area contributed by atoms with Gasteiger partial charge >= 0.3 is 0 Å². The first kappa shape index (κ1) is 22.2. The summed E-state index contributed by atoms with van der Waals surface area (Å²) in [7, 11) is 2.00. The summed E-state index contributed by atoms with van der Waals surface area (Å²) in [5.41, 5.74) is 1.37. The van der Waals surface area contributed by atoms with Crippen molar-refractivity contribution in [3.8, 4) is 0 Å². The minimum absolute atomic E-state index is 0. The van der Waals surface area contributed by atoms with Gasteiger partial charge in [-0.05, 0) is 38.3 Å². The van der Waals surface area contributed by atoms with Crippen molar-refractivity contribution in [3.05, 3.63) is 35.9 Å². The van der Waals surface area contributed by atoms with Crippen molar-refractivity contribution in [2.45, 2.75) is 44.8 Å². The molecule has 1 amide bonds. The summed E-state index contributed by atoms with van der Waals surface area (Å²) >= 11 is 0. The Labute approximate surface area is 164 Å². The third-order valence-corrected chi connectivity index (χ3v) is 5.52. The second-order valence-electron chi connectivity index (χ2n) is 7.12. The van der Waals surface area contributed by atoms with Gasteiger partial charge in [-0.2, -0.15) is 0 Å². The van der Waals surface area contributed by atoms with Crippen molar-refractivity contribution < 1.29 is 4.79 Å². The van der Waals surface area contributed by atoms with Crippen LogP contribution in [-0.4, -0.2) is 54.5 Å². The van der Waals surface area contributed by atoms with Crippen molar-refractivity contribution >= 4 is 30.7 Å². The van der Waals surface area contributed by atoms with Crippen LogP contribution in [0.15, 0.2) is 30.3 Å². The molecule has 0 saturated carbocycles. The Balaban J connectivity index is 0.00000156. The zero-order valence-corrected chi connectivity index (χ0v) is 16.8. The molecule has 0 spiro atoms. The molecule has 0 aliphatic carbocycles. The van der Waals surface area contributed by atoms with Crippen molar-refractivity contribution in [2.75, 3.05) is 26.7 Å². The summed E-state index contributed by atoms with van der Waals surface area (Å²) in [4.78, 5) is 17.2. The molecule has 6 heteroatoms. The van der Waals surface area contributed by atoms with Crippen LogP contribution in [0.1, 0.15) is 31.7 Å². The van der Waals surface area contributed by atoms with E-state index in [0.29, 0.717) is 18.0 Å². The molecule has 1 aromatic rings. The van der Waals surface area contributed by atoms with Crippen LogP contribution in [0.3, 0.4) is 0 Å². The number of nitrogens with zero attached hydrogens (tertiary/aromatic N) is 2. The van der Waals surface area contributed by atoms with Gasteiger partial charge in [-0.1, -0.05) is 30.3 Å². The molecule has 3 rings (SSSR count). The topological polar surface area (TPSA) is 35.6 Å². The summed E-state index contributed by atoms with van der Waals surface area (Å²) in [6.45, 7) is 6.21. The van der Waals surface area contributed by atoms with Gasteiger partial charge in [0.1, 0.15) is 0 Å². The fourth-order valence-electron chi connectivity index (χ4n) is 3.93. The van der Waals surface area contributed by atoms with Gasteiger partial charge in [0.15, 0.2) is 0 Å². The van der Waals surface area contributed by atoms with Crippen molar-refractivity contribution in [3.63, 3.8) is 0 Å². The highest BCUT2D eigenvalue weighted by atomic mass is 35.5. The third-order valence-electron chi connectivity index (χ3n) is 5.52. The monoisotopic (exact) mass is 387 g/mol. The summed E-state index contributed by atoms with van der Waals surface area (Å²) in [5.74, 6) is 0.529. The third kappa shape index (κ3) is 5.58. The normalized spacial score (nSPS) is 26.4. The Kier molecular flexibility index (Phi) is 9.22. The maximum absolute atomic E-state index is 12.6. The first-order valence-electron chi connectivity index (χ1n) is 8.90. The highest BCUT2D eigenvalue weighted by Crippen LogP contribution is 2.24. The van der Waals surface area contributed by atoms with Crippen LogP contribution < -0.4 is 5.32 Å². The number of carbonyl (C=O) groups is 1. The summed E-state index contributed by atoms with van der Waals surface area (Å²) < 4.78 is 0. The number of piperidine rings is 1. The molecule has 2 aliphatic rings. The zero-order valence-electron chi connectivity index (χ0n) is 15.2. The van der Waals surface area contributed by atoms with Gasteiger partial charge < -0.3 is 10.2 Å². The van der Waals surface area contributed by atoms with Gasteiger partial charge in [-0.15, -0.1) is 24.8 Å². The van der Waals surface area contributed by atoms with Crippen LogP contribution in [0.5, 0.6) is 0 Å². The molecular weight excluding hydrogens is 357 g/mol. The predicted molar refractivity (Wildman–Crippen MR) is 108 cm³/mol. The Morgan fingerprint density at radius 1 is 1.24 bits per heavy atom. The van der Waals surface area contributed by atoms with E-state index in [4.69, 9.17) is 0 Å². The van der Waals surface area contributed by atoms with Crippen LogP contribution >= 0.6 is 24.8 Å². The molecule has 25 heavy (non-hydrogen) atoms. The van der Waals surface area contributed by atoms with E-state index in [1.807, 2.05) is 11.9 Å². The number of halogens is 2. The first-order chi connectivity index (χ1) is 11.1. The maximum atomic E-state index is 12.6. The number of amides is 1. The van der Waals surface area contributed by atoms with Crippen molar-refractivity contribution in [1.82, 2.24) is 15.1 Å². The predicted octanol–water partition coefficient (Wildman–Crippen LogP) is 2.95. The Morgan fingerprint density at radius 2 is 1.96 bits per heavy atom. The molecule has 1 N–H and O–H groups in total. The highest BCUT2D eigenvalue weighted by Gasteiger charge is 2.33. The van der Waals surface area contributed by atoms with E-state index >= 15 is 0 Å². The molecule has 2 saturated heterocycles. The number of nitrogens with one attached hydrogen (secondary N) is 1. The van der Waals surface area contributed by atoms with Gasteiger partial charge in [-0.25, -0.2) is 0 Å². The molecule has 0 bridgehead atoms.